The van der Waals surface area contributed by atoms with E-state index < -0.39 is 0 Å². The van der Waals surface area contributed by atoms with Gasteiger partial charge in [0.05, 0.1) is 0 Å². The first-order valence-corrected chi connectivity index (χ1v) is 8.88. The number of aryl methyl sites for hydroxylation is 1. The van der Waals surface area contributed by atoms with E-state index in [1.807, 2.05) is 17.9 Å². The molecule has 1 aliphatic rings. The van der Waals surface area contributed by atoms with Gasteiger partial charge in [0.15, 0.2) is 5.82 Å². The molecule has 0 bridgehead atoms. The second kappa shape index (κ2) is 7.70. The first-order valence-electron chi connectivity index (χ1n) is 8.88. The minimum Gasteiger partial charge on any atom is -0.360 e. The average molecular weight is 342 g/mol. The summed E-state index contributed by atoms with van der Waals surface area (Å²) in [5.74, 6) is 1.15. The highest BCUT2D eigenvalue weighted by atomic mass is 16.5. The fraction of sp³-hybridized carbons (Fsp3) is 0.474. The van der Waals surface area contributed by atoms with Crippen molar-refractivity contribution in [3.8, 4) is 0 Å². The van der Waals surface area contributed by atoms with Crippen LogP contribution in [0.2, 0.25) is 0 Å². The Bertz CT molecular complexity index is 700. The number of anilines is 1. The van der Waals surface area contributed by atoms with Crippen molar-refractivity contribution < 1.29 is 9.32 Å². The summed E-state index contributed by atoms with van der Waals surface area (Å²) >= 11 is 0. The predicted octanol–water partition coefficient (Wildman–Crippen LogP) is 3.67. The molecule has 0 aliphatic carbocycles. The van der Waals surface area contributed by atoms with Crippen molar-refractivity contribution >= 4 is 11.8 Å². The fourth-order valence-corrected chi connectivity index (χ4v) is 3.49. The van der Waals surface area contributed by atoms with Crippen LogP contribution in [0.4, 0.5) is 10.6 Å². The molecule has 6 nitrogen and oxygen atoms in total. The second-order valence-electron chi connectivity index (χ2n) is 6.56. The van der Waals surface area contributed by atoms with Gasteiger partial charge >= 0.3 is 6.03 Å². The summed E-state index contributed by atoms with van der Waals surface area (Å²) in [6.07, 6.45) is 0.982. The summed E-state index contributed by atoms with van der Waals surface area (Å²) in [4.78, 5) is 16.9. The third-order valence-electron chi connectivity index (χ3n) is 4.93. The Morgan fingerprint density at radius 2 is 2.20 bits per heavy atom. The molecule has 2 heterocycles. The number of benzene rings is 1. The Kier molecular flexibility index (Phi) is 5.38. The van der Waals surface area contributed by atoms with Crippen molar-refractivity contribution in [2.45, 2.75) is 39.3 Å². The summed E-state index contributed by atoms with van der Waals surface area (Å²) in [7, 11) is 0. The quantitative estimate of drug-likeness (QED) is 0.900. The number of likely N-dealkylation sites (tertiary alicyclic amines) is 1. The number of aromatic nitrogens is 1. The van der Waals surface area contributed by atoms with Crippen LogP contribution >= 0.6 is 0 Å². The number of rotatable bonds is 5. The van der Waals surface area contributed by atoms with E-state index in [-0.39, 0.29) is 12.1 Å². The van der Waals surface area contributed by atoms with Crippen LogP contribution in [-0.2, 0) is 0 Å². The number of hydrogen-bond acceptors (Lipinski definition) is 4. The van der Waals surface area contributed by atoms with E-state index in [0.29, 0.717) is 24.2 Å². The number of nitrogens with zero attached hydrogens (tertiary/aromatic N) is 3. The number of hydrogen-bond donors (Lipinski definition) is 1. The average Bonchev–Trinajstić information content (AvgIpc) is 3.25. The lowest BCUT2D eigenvalue weighted by Crippen LogP contribution is -2.44. The van der Waals surface area contributed by atoms with E-state index in [1.165, 1.54) is 5.56 Å². The van der Waals surface area contributed by atoms with Crippen molar-refractivity contribution in [2.75, 3.05) is 25.0 Å². The Labute approximate surface area is 148 Å². The van der Waals surface area contributed by atoms with E-state index in [2.05, 4.69) is 46.6 Å². The zero-order valence-corrected chi connectivity index (χ0v) is 15.1. The van der Waals surface area contributed by atoms with Crippen LogP contribution in [0.25, 0.3) is 0 Å². The molecule has 2 atom stereocenters. The van der Waals surface area contributed by atoms with Crippen molar-refractivity contribution in [1.82, 2.24) is 15.0 Å². The third-order valence-corrected chi connectivity index (χ3v) is 4.93. The van der Waals surface area contributed by atoms with Gasteiger partial charge in [-0.2, -0.15) is 0 Å². The zero-order valence-electron chi connectivity index (χ0n) is 15.1. The number of urea groups is 1. The van der Waals surface area contributed by atoms with Gasteiger partial charge in [-0.1, -0.05) is 35.5 Å². The maximum Gasteiger partial charge on any atom is 0.323 e. The lowest BCUT2D eigenvalue weighted by molar-refractivity contribution is 0.183. The molecule has 0 spiro atoms. The van der Waals surface area contributed by atoms with Gasteiger partial charge in [0.25, 0.3) is 0 Å². The van der Waals surface area contributed by atoms with Crippen LogP contribution in [-0.4, -0.2) is 46.7 Å². The summed E-state index contributed by atoms with van der Waals surface area (Å²) in [5, 5.41) is 6.67. The minimum absolute atomic E-state index is 0.116. The van der Waals surface area contributed by atoms with Crippen LogP contribution in [0.1, 0.15) is 37.6 Å². The van der Waals surface area contributed by atoms with E-state index in [9.17, 15) is 4.79 Å². The summed E-state index contributed by atoms with van der Waals surface area (Å²) in [5.41, 5.74) is 1.31. The molecule has 1 aliphatic heterocycles. The molecule has 0 saturated carbocycles. The molecule has 1 fully saturated rings. The molecule has 1 aromatic carbocycles. The maximum atomic E-state index is 12.6. The van der Waals surface area contributed by atoms with Crippen molar-refractivity contribution in [3.63, 3.8) is 0 Å². The van der Waals surface area contributed by atoms with Crippen molar-refractivity contribution in [3.05, 3.63) is 47.7 Å². The third kappa shape index (κ3) is 4.02. The van der Waals surface area contributed by atoms with Gasteiger partial charge in [-0.3, -0.25) is 10.2 Å². The Morgan fingerprint density at radius 1 is 1.44 bits per heavy atom. The molecular formula is C19H26N4O2. The standard InChI is InChI=1S/C19H26N4O2/c1-4-23(19(24)20-18-12-14(2)25-21-18)17-10-11-22(13-17)15(3)16-8-6-5-7-9-16/h5-9,12,15,17H,4,10-11,13H2,1-3H3,(H,20,21,24)/t15-,17-/m1/s1. The number of amides is 2. The van der Waals surface area contributed by atoms with Gasteiger partial charge in [-0.05, 0) is 32.8 Å². The van der Waals surface area contributed by atoms with E-state index in [1.54, 1.807) is 13.0 Å². The molecule has 1 aromatic heterocycles. The van der Waals surface area contributed by atoms with Crippen LogP contribution in [0.5, 0.6) is 0 Å². The fourth-order valence-electron chi connectivity index (χ4n) is 3.49. The number of likely N-dealkylation sites (N-methyl/N-ethyl adjacent to an activating group) is 1. The SMILES string of the molecule is CCN(C(=O)Nc1cc(C)on1)[C@@H]1CCN([C@H](C)c2ccccc2)C1. The highest BCUT2D eigenvalue weighted by Gasteiger charge is 2.32. The molecule has 1 N–H and O–H groups in total. The van der Waals surface area contributed by atoms with Gasteiger partial charge in [0, 0.05) is 37.8 Å². The number of carbonyl (C=O) groups is 1. The first-order chi connectivity index (χ1) is 12.1. The van der Waals surface area contributed by atoms with Crippen LogP contribution in [0.15, 0.2) is 40.9 Å². The molecule has 2 amide bonds. The molecule has 6 heteroatoms. The minimum atomic E-state index is -0.116. The predicted molar refractivity (Wildman–Crippen MR) is 97.5 cm³/mol. The van der Waals surface area contributed by atoms with Crippen molar-refractivity contribution in [1.29, 1.82) is 0 Å². The van der Waals surface area contributed by atoms with Crippen LogP contribution < -0.4 is 5.32 Å². The molecule has 0 unspecified atom stereocenters. The second-order valence-corrected chi connectivity index (χ2v) is 6.56. The van der Waals surface area contributed by atoms with E-state index >= 15 is 0 Å². The first kappa shape index (κ1) is 17.5. The lowest BCUT2D eigenvalue weighted by atomic mass is 10.1. The van der Waals surface area contributed by atoms with E-state index in [4.69, 9.17) is 4.52 Å². The molecule has 3 rings (SSSR count). The van der Waals surface area contributed by atoms with E-state index in [0.717, 1.165) is 19.5 Å². The Balaban J connectivity index is 1.61. The molecule has 134 valence electrons. The largest absolute Gasteiger partial charge is 0.360 e. The van der Waals surface area contributed by atoms with Gasteiger partial charge < -0.3 is 9.42 Å². The molecule has 2 aromatic rings. The monoisotopic (exact) mass is 342 g/mol. The number of nitrogens with one attached hydrogen (secondary N) is 1. The zero-order chi connectivity index (χ0) is 17.8. The maximum absolute atomic E-state index is 12.6. The number of carbonyl (C=O) groups excluding carboxylic acids is 1. The van der Waals surface area contributed by atoms with Crippen LogP contribution in [0, 0.1) is 6.92 Å². The van der Waals surface area contributed by atoms with Crippen molar-refractivity contribution in [2.24, 2.45) is 0 Å². The molecule has 25 heavy (non-hydrogen) atoms. The molecular weight excluding hydrogens is 316 g/mol. The molecule has 0 radical (unpaired) electrons. The van der Waals surface area contributed by atoms with Gasteiger partial charge in [-0.25, -0.2) is 4.79 Å². The smallest absolute Gasteiger partial charge is 0.323 e. The topological polar surface area (TPSA) is 61.6 Å². The Morgan fingerprint density at radius 3 is 2.84 bits per heavy atom. The summed E-state index contributed by atoms with van der Waals surface area (Å²) in [6, 6.07) is 12.7. The van der Waals surface area contributed by atoms with Gasteiger partial charge in [-0.15, -0.1) is 0 Å². The lowest BCUT2D eigenvalue weighted by Gasteiger charge is -2.29. The van der Waals surface area contributed by atoms with Gasteiger partial charge in [0.2, 0.25) is 0 Å². The molecule has 1 saturated heterocycles. The van der Waals surface area contributed by atoms with Gasteiger partial charge in [0.1, 0.15) is 5.76 Å². The summed E-state index contributed by atoms with van der Waals surface area (Å²) < 4.78 is 5.01. The normalized spacial score (nSPS) is 18.9. The Hall–Kier alpha value is -2.34. The summed E-state index contributed by atoms with van der Waals surface area (Å²) in [6.45, 7) is 8.59. The highest BCUT2D eigenvalue weighted by molar-refractivity contribution is 5.88. The van der Waals surface area contributed by atoms with Crippen LogP contribution in [0.3, 0.4) is 0 Å². The highest BCUT2D eigenvalue weighted by Crippen LogP contribution is 2.26.